The maximum absolute atomic E-state index is 11.5. The molecule has 1 aliphatic rings. The van der Waals surface area contributed by atoms with Crippen LogP contribution in [0, 0.1) is 0 Å². The predicted molar refractivity (Wildman–Crippen MR) is 71.4 cm³/mol. The molecule has 0 spiro atoms. The minimum atomic E-state index is 0.241. The highest BCUT2D eigenvalue weighted by Crippen LogP contribution is 2.30. The van der Waals surface area contributed by atoms with E-state index in [0.717, 1.165) is 32.1 Å². The van der Waals surface area contributed by atoms with E-state index in [9.17, 15) is 4.79 Å². The van der Waals surface area contributed by atoms with Crippen molar-refractivity contribution < 1.29 is 4.79 Å². The van der Waals surface area contributed by atoms with Crippen LogP contribution in [-0.2, 0) is 23.1 Å². The van der Waals surface area contributed by atoms with Gasteiger partial charge in [-0.2, -0.15) is 0 Å². The zero-order valence-electron chi connectivity index (χ0n) is 11.2. The van der Waals surface area contributed by atoms with Crippen molar-refractivity contribution in [1.29, 1.82) is 0 Å². The Morgan fingerprint density at radius 1 is 1.06 bits per heavy atom. The van der Waals surface area contributed by atoms with Crippen LogP contribution in [-0.4, -0.2) is 5.78 Å². The van der Waals surface area contributed by atoms with Crippen LogP contribution in [0.5, 0.6) is 0 Å². The van der Waals surface area contributed by atoms with Gasteiger partial charge in [-0.3, -0.25) is 4.79 Å². The summed E-state index contributed by atoms with van der Waals surface area (Å²) in [6.07, 6.45) is 4.46. The van der Waals surface area contributed by atoms with E-state index in [4.69, 9.17) is 0 Å². The second-order valence-corrected chi connectivity index (χ2v) is 5.76. The first kappa shape index (κ1) is 12.3. The third kappa shape index (κ3) is 2.59. The Balaban J connectivity index is 2.34. The molecular formula is C16H22O. The quantitative estimate of drug-likeness (QED) is 0.706. The largest absolute Gasteiger partial charge is 0.300 e. The van der Waals surface area contributed by atoms with E-state index in [1.54, 1.807) is 0 Å². The summed E-state index contributed by atoms with van der Waals surface area (Å²) < 4.78 is 0. The van der Waals surface area contributed by atoms with Gasteiger partial charge in [-0.25, -0.2) is 0 Å². The van der Waals surface area contributed by atoms with Crippen molar-refractivity contribution in [3.8, 4) is 0 Å². The van der Waals surface area contributed by atoms with Gasteiger partial charge in [0.05, 0.1) is 0 Å². The van der Waals surface area contributed by atoms with E-state index >= 15 is 0 Å². The van der Waals surface area contributed by atoms with E-state index in [2.05, 4.69) is 39.0 Å². The predicted octanol–water partition coefficient (Wildman–Crippen LogP) is 3.82. The molecule has 0 bridgehead atoms. The van der Waals surface area contributed by atoms with Crippen LogP contribution in [0.1, 0.15) is 56.7 Å². The highest BCUT2D eigenvalue weighted by molar-refractivity contribution is 5.79. The Kier molecular flexibility index (Phi) is 3.37. The van der Waals surface area contributed by atoms with Gasteiger partial charge in [0.1, 0.15) is 5.78 Å². The fraction of sp³-hybridized carbons (Fsp3) is 0.562. The smallest absolute Gasteiger partial charge is 0.133 e. The molecule has 1 heteroatoms. The molecule has 0 amide bonds. The summed E-state index contributed by atoms with van der Waals surface area (Å²) in [7, 11) is 0. The molecule has 0 N–H and O–H groups in total. The number of ketones is 1. The zero-order valence-corrected chi connectivity index (χ0v) is 11.2. The van der Waals surface area contributed by atoms with Crippen molar-refractivity contribution >= 4 is 5.78 Å². The Morgan fingerprint density at radius 2 is 1.71 bits per heavy atom. The summed E-state index contributed by atoms with van der Waals surface area (Å²) in [5, 5.41) is 0. The molecule has 0 radical (unpaired) electrons. The third-order valence-electron chi connectivity index (χ3n) is 4.22. The van der Waals surface area contributed by atoms with E-state index in [1.807, 2.05) is 0 Å². The van der Waals surface area contributed by atoms with Gasteiger partial charge in [0.15, 0.2) is 0 Å². The summed E-state index contributed by atoms with van der Waals surface area (Å²) in [5.74, 6) is 0.414. The molecular weight excluding hydrogens is 208 g/mol. The van der Waals surface area contributed by atoms with Crippen molar-refractivity contribution in [3.05, 3.63) is 34.9 Å². The molecule has 0 fully saturated rings. The average Bonchev–Trinajstić information content (AvgIpc) is 2.51. The lowest BCUT2D eigenvalue weighted by Crippen LogP contribution is -2.16. The van der Waals surface area contributed by atoms with Crippen LogP contribution in [0.2, 0.25) is 0 Å². The number of hydrogen-bond donors (Lipinski definition) is 0. The minimum Gasteiger partial charge on any atom is -0.300 e. The van der Waals surface area contributed by atoms with Gasteiger partial charge < -0.3 is 0 Å². The molecule has 92 valence electrons. The summed E-state index contributed by atoms with van der Waals surface area (Å²) in [5.41, 5.74) is 4.43. The van der Waals surface area contributed by atoms with Crippen molar-refractivity contribution in [1.82, 2.24) is 0 Å². The van der Waals surface area contributed by atoms with E-state index in [0.29, 0.717) is 5.78 Å². The normalized spacial score (nSPS) is 16.5. The molecule has 1 aromatic carbocycles. The molecule has 0 unspecified atom stereocenters. The van der Waals surface area contributed by atoms with Gasteiger partial charge in [0.2, 0.25) is 0 Å². The lowest BCUT2D eigenvalue weighted by atomic mass is 9.80. The number of benzene rings is 1. The molecule has 0 heterocycles. The molecule has 0 saturated heterocycles. The van der Waals surface area contributed by atoms with E-state index in [1.165, 1.54) is 16.7 Å². The lowest BCUT2D eigenvalue weighted by Gasteiger charge is -2.24. The monoisotopic (exact) mass is 230 g/mol. The molecule has 1 nitrogen and oxygen atoms in total. The number of aryl methyl sites for hydroxylation is 2. The first-order valence-electron chi connectivity index (χ1n) is 6.67. The second kappa shape index (κ2) is 4.64. The van der Waals surface area contributed by atoms with Crippen LogP contribution in [0.3, 0.4) is 0 Å². The number of Topliss-reactive ketones (excluding diaryl/α,β-unsaturated/α-hetero) is 1. The van der Waals surface area contributed by atoms with Crippen LogP contribution in [0.25, 0.3) is 0 Å². The minimum absolute atomic E-state index is 0.241. The standard InChI is InChI=1S/C16H22O/c1-4-16(2,3)14-8-5-12-6-9-15(17)10-7-13(12)11-14/h5,8,11H,4,6-7,9-10H2,1-3H3. The highest BCUT2D eigenvalue weighted by Gasteiger charge is 2.20. The van der Waals surface area contributed by atoms with Crippen LogP contribution in [0.15, 0.2) is 18.2 Å². The zero-order chi connectivity index (χ0) is 12.5. The molecule has 1 aliphatic carbocycles. The van der Waals surface area contributed by atoms with Crippen LogP contribution in [0.4, 0.5) is 0 Å². The SMILES string of the molecule is CCC(C)(C)c1ccc2c(c1)CCC(=O)CC2. The maximum Gasteiger partial charge on any atom is 0.133 e. The Bertz CT molecular complexity index is 429. The fourth-order valence-corrected chi connectivity index (χ4v) is 2.40. The van der Waals surface area contributed by atoms with E-state index in [-0.39, 0.29) is 5.41 Å². The van der Waals surface area contributed by atoms with Crippen molar-refractivity contribution in [2.45, 2.75) is 58.3 Å². The second-order valence-electron chi connectivity index (χ2n) is 5.76. The molecule has 0 aliphatic heterocycles. The first-order chi connectivity index (χ1) is 8.03. The van der Waals surface area contributed by atoms with Crippen LogP contribution >= 0.6 is 0 Å². The lowest BCUT2D eigenvalue weighted by molar-refractivity contribution is -0.118. The van der Waals surface area contributed by atoms with Gasteiger partial charge in [0, 0.05) is 12.8 Å². The van der Waals surface area contributed by atoms with E-state index < -0.39 is 0 Å². The van der Waals surface area contributed by atoms with Crippen molar-refractivity contribution in [2.75, 3.05) is 0 Å². The Morgan fingerprint density at radius 3 is 2.35 bits per heavy atom. The number of rotatable bonds is 2. The third-order valence-corrected chi connectivity index (χ3v) is 4.22. The summed E-state index contributed by atoms with van der Waals surface area (Å²) in [6, 6.07) is 6.82. The average molecular weight is 230 g/mol. The first-order valence-corrected chi connectivity index (χ1v) is 6.67. The fourth-order valence-electron chi connectivity index (χ4n) is 2.40. The van der Waals surface area contributed by atoms with Crippen molar-refractivity contribution in [2.24, 2.45) is 0 Å². The van der Waals surface area contributed by atoms with Gasteiger partial charge in [0.25, 0.3) is 0 Å². The molecule has 17 heavy (non-hydrogen) atoms. The summed E-state index contributed by atoms with van der Waals surface area (Å²) in [4.78, 5) is 11.5. The van der Waals surface area contributed by atoms with Gasteiger partial charge >= 0.3 is 0 Å². The molecule has 0 atom stereocenters. The van der Waals surface area contributed by atoms with Crippen molar-refractivity contribution in [3.63, 3.8) is 0 Å². The number of hydrogen-bond acceptors (Lipinski definition) is 1. The number of carbonyl (C=O) groups is 1. The summed E-state index contributed by atoms with van der Waals surface area (Å²) in [6.45, 7) is 6.81. The summed E-state index contributed by atoms with van der Waals surface area (Å²) >= 11 is 0. The maximum atomic E-state index is 11.5. The Hall–Kier alpha value is -1.11. The number of fused-ring (bicyclic) bond motifs is 1. The van der Waals surface area contributed by atoms with Gasteiger partial charge in [-0.1, -0.05) is 39.0 Å². The highest BCUT2D eigenvalue weighted by atomic mass is 16.1. The topological polar surface area (TPSA) is 17.1 Å². The van der Waals surface area contributed by atoms with Crippen LogP contribution < -0.4 is 0 Å². The number of carbonyl (C=O) groups excluding carboxylic acids is 1. The van der Waals surface area contributed by atoms with Gasteiger partial charge in [-0.05, 0) is 41.4 Å². The molecule has 0 saturated carbocycles. The molecule has 2 rings (SSSR count). The molecule has 0 aromatic heterocycles. The molecule has 1 aromatic rings. The van der Waals surface area contributed by atoms with Gasteiger partial charge in [-0.15, -0.1) is 0 Å². The Labute approximate surface area is 104 Å².